The third-order valence-electron chi connectivity index (χ3n) is 7.36. The summed E-state index contributed by atoms with van der Waals surface area (Å²) in [6, 6.07) is 10.2. The smallest absolute Gasteiger partial charge is 0.410 e. The number of nitrogens with zero attached hydrogens (tertiary/aromatic N) is 4. The van der Waals surface area contributed by atoms with Crippen LogP contribution in [0, 0.1) is 12.8 Å². The zero-order chi connectivity index (χ0) is 25.1. The van der Waals surface area contributed by atoms with E-state index in [4.69, 9.17) is 4.74 Å². The van der Waals surface area contributed by atoms with Crippen LogP contribution in [-0.2, 0) is 23.0 Å². The maximum Gasteiger partial charge on any atom is 0.410 e. The van der Waals surface area contributed by atoms with Gasteiger partial charge in [0.15, 0.2) is 0 Å². The molecule has 3 atom stereocenters. The number of rotatable bonds is 4. The molecule has 8 heteroatoms. The van der Waals surface area contributed by atoms with Gasteiger partial charge < -0.3 is 14.7 Å². The van der Waals surface area contributed by atoms with Crippen molar-refractivity contribution in [3.05, 3.63) is 58.1 Å². The molecule has 2 heterocycles. The van der Waals surface area contributed by atoms with Crippen molar-refractivity contribution in [2.45, 2.75) is 64.5 Å². The lowest BCUT2D eigenvalue weighted by Gasteiger charge is -2.29. The molecule has 2 aliphatic rings. The lowest BCUT2D eigenvalue weighted by molar-refractivity contribution is -0.137. The molecule has 8 nitrogen and oxygen atoms in total. The fourth-order valence-electron chi connectivity index (χ4n) is 5.80. The number of aryl methyl sites for hydroxylation is 2. The summed E-state index contributed by atoms with van der Waals surface area (Å²) in [6.45, 7) is 8.30. The van der Waals surface area contributed by atoms with Crippen molar-refractivity contribution < 1.29 is 19.4 Å². The van der Waals surface area contributed by atoms with Crippen LogP contribution in [0.15, 0.2) is 30.3 Å². The molecule has 1 aliphatic heterocycles. The van der Waals surface area contributed by atoms with Gasteiger partial charge in [-0.3, -0.25) is 4.79 Å². The van der Waals surface area contributed by atoms with Crippen LogP contribution >= 0.6 is 0 Å². The minimum atomic E-state index is -0.858. The third kappa shape index (κ3) is 4.15. The van der Waals surface area contributed by atoms with Crippen molar-refractivity contribution in [2.75, 3.05) is 6.54 Å². The van der Waals surface area contributed by atoms with Gasteiger partial charge in [-0.05, 0) is 80.3 Å². The Hall–Kier alpha value is -3.42. The van der Waals surface area contributed by atoms with Gasteiger partial charge >= 0.3 is 12.1 Å². The molecular formula is C27H32N4O4. The number of aromatic nitrogens is 3. The second kappa shape index (κ2) is 8.36. The molecule has 1 saturated heterocycles. The number of carboxylic acid groups (broad SMARTS) is 1. The van der Waals surface area contributed by atoms with E-state index in [2.05, 4.69) is 22.4 Å². The van der Waals surface area contributed by atoms with Crippen LogP contribution < -0.4 is 0 Å². The Morgan fingerprint density at radius 2 is 2.00 bits per heavy atom. The van der Waals surface area contributed by atoms with E-state index < -0.39 is 11.6 Å². The molecule has 184 valence electrons. The molecular weight excluding hydrogens is 444 g/mol. The normalized spacial score (nSPS) is 20.1. The van der Waals surface area contributed by atoms with Crippen LogP contribution in [0.1, 0.15) is 73.4 Å². The molecule has 0 saturated carbocycles. The maximum atomic E-state index is 13.0. The summed E-state index contributed by atoms with van der Waals surface area (Å²) < 4.78 is 7.42. The molecule has 35 heavy (non-hydrogen) atoms. The summed E-state index contributed by atoms with van der Waals surface area (Å²) in [5.41, 5.74) is 6.30. The molecule has 0 spiro atoms. The summed E-state index contributed by atoms with van der Waals surface area (Å²) in [4.78, 5) is 26.8. The second-order valence-electron chi connectivity index (χ2n) is 10.8. The van der Waals surface area contributed by atoms with E-state index in [-0.39, 0.29) is 24.5 Å². The van der Waals surface area contributed by atoms with Gasteiger partial charge in [0.25, 0.3) is 0 Å². The van der Waals surface area contributed by atoms with Crippen molar-refractivity contribution in [1.82, 2.24) is 19.9 Å². The summed E-state index contributed by atoms with van der Waals surface area (Å²) in [5.74, 6) is -0.828. The number of benzene rings is 2. The summed E-state index contributed by atoms with van der Waals surface area (Å²) in [5, 5.41) is 18.2. The Kier molecular flexibility index (Phi) is 5.57. The van der Waals surface area contributed by atoms with E-state index in [0.29, 0.717) is 12.5 Å². The highest BCUT2D eigenvalue weighted by atomic mass is 16.6. The number of hydrogen-bond donors (Lipinski definition) is 1. The summed E-state index contributed by atoms with van der Waals surface area (Å²) >= 11 is 0. The molecule has 1 aliphatic carbocycles. The number of aliphatic carboxylic acids is 1. The summed E-state index contributed by atoms with van der Waals surface area (Å²) in [7, 11) is 1.85. The van der Waals surface area contributed by atoms with Crippen LogP contribution in [0.25, 0.3) is 11.0 Å². The molecule has 0 bridgehead atoms. The van der Waals surface area contributed by atoms with Gasteiger partial charge in [0.1, 0.15) is 11.1 Å². The molecule has 5 rings (SSSR count). The van der Waals surface area contributed by atoms with Crippen LogP contribution in [-0.4, -0.2) is 49.2 Å². The monoisotopic (exact) mass is 476 g/mol. The Balaban J connectivity index is 1.54. The third-order valence-corrected chi connectivity index (χ3v) is 7.36. The van der Waals surface area contributed by atoms with E-state index in [1.807, 2.05) is 57.8 Å². The van der Waals surface area contributed by atoms with Crippen molar-refractivity contribution in [2.24, 2.45) is 13.0 Å². The van der Waals surface area contributed by atoms with E-state index in [1.54, 1.807) is 4.68 Å². The largest absolute Gasteiger partial charge is 0.481 e. The highest BCUT2D eigenvalue weighted by Gasteiger charge is 2.45. The van der Waals surface area contributed by atoms with Gasteiger partial charge in [0.05, 0.1) is 18.0 Å². The zero-order valence-corrected chi connectivity index (χ0v) is 20.9. The minimum Gasteiger partial charge on any atom is -0.481 e. The lowest BCUT2D eigenvalue weighted by Crippen LogP contribution is -2.36. The Morgan fingerprint density at radius 1 is 1.23 bits per heavy atom. The first kappa shape index (κ1) is 23.3. The lowest BCUT2D eigenvalue weighted by atomic mass is 9.84. The average Bonchev–Trinajstić information content (AvgIpc) is 3.45. The van der Waals surface area contributed by atoms with E-state index >= 15 is 0 Å². The predicted molar refractivity (Wildman–Crippen MR) is 131 cm³/mol. The van der Waals surface area contributed by atoms with Crippen LogP contribution in [0.5, 0.6) is 0 Å². The predicted octanol–water partition coefficient (Wildman–Crippen LogP) is 4.74. The van der Waals surface area contributed by atoms with Crippen molar-refractivity contribution in [1.29, 1.82) is 0 Å². The van der Waals surface area contributed by atoms with Gasteiger partial charge in [-0.25, -0.2) is 9.48 Å². The SMILES string of the molecule is Cc1c(C(CC(=O)O)c2ccc3c(c2)C2C(CCN2C(=O)OC(C)(C)C)C3)ccc2c1nnn2C. The van der Waals surface area contributed by atoms with Gasteiger partial charge in [-0.1, -0.05) is 29.5 Å². The Morgan fingerprint density at radius 3 is 2.71 bits per heavy atom. The fraction of sp³-hybridized carbons (Fsp3) is 0.481. The number of likely N-dealkylation sites (tertiary alicyclic amines) is 1. The number of amides is 1. The van der Waals surface area contributed by atoms with Gasteiger partial charge in [-0.2, -0.15) is 0 Å². The van der Waals surface area contributed by atoms with Gasteiger partial charge in [-0.15, -0.1) is 5.10 Å². The highest BCUT2D eigenvalue weighted by Crippen LogP contribution is 2.48. The fourth-order valence-corrected chi connectivity index (χ4v) is 5.80. The first-order chi connectivity index (χ1) is 16.5. The molecule has 0 radical (unpaired) electrons. The topological polar surface area (TPSA) is 97.6 Å². The zero-order valence-electron chi connectivity index (χ0n) is 20.9. The van der Waals surface area contributed by atoms with Gasteiger partial charge in [0, 0.05) is 19.5 Å². The molecule has 1 amide bonds. The van der Waals surface area contributed by atoms with E-state index in [9.17, 15) is 14.7 Å². The number of carbonyl (C=O) groups excluding carboxylic acids is 1. The van der Waals surface area contributed by atoms with Gasteiger partial charge in [0.2, 0.25) is 0 Å². The molecule has 1 fully saturated rings. The number of fused-ring (bicyclic) bond motifs is 4. The first-order valence-electron chi connectivity index (χ1n) is 12.2. The molecule has 3 aromatic rings. The second-order valence-corrected chi connectivity index (χ2v) is 10.8. The van der Waals surface area contributed by atoms with E-state index in [0.717, 1.165) is 46.1 Å². The number of ether oxygens (including phenoxy) is 1. The Labute approximate surface area is 204 Å². The number of carbonyl (C=O) groups is 2. The quantitative estimate of drug-likeness (QED) is 0.584. The molecule has 2 aromatic carbocycles. The average molecular weight is 477 g/mol. The van der Waals surface area contributed by atoms with E-state index in [1.165, 1.54) is 5.56 Å². The summed E-state index contributed by atoms with van der Waals surface area (Å²) in [6.07, 6.45) is 1.55. The van der Waals surface area contributed by atoms with Crippen LogP contribution in [0.3, 0.4) is 0 Å². The highest BCUT2D eigenvalue weighted by molar-refractivity contribution is 5.80. The van der Waals surface area contributed by atoms with Crippen LogP contribution in [0.2, 0.25) is 0 Å². The standard InChI is InChI=1S/C27H32N4O4/c1-15-19(8-9-22-24(15)28-29-30(22)5)20(14-23(32)33)17-7-6-16-12-18-10-11-31(25(18)21(16)13-17)26(34)35-27(2,3)4/h6-9,13,18,20,25H,10-12,14H2,1-5H3,(H,32,33). The van der Waals surface area contributed by atoms with Crippen molar-refractivity contribution in [3.8, 4) is 0 Å². The minimum absolute atomic E-state index is 0.0325. The molecule has 1 aromatic heterocycles. The maximum absolute atomic E-state index is 13.0. The number of hydrogen-bond acceptors (Lipinski definition) is 5. The Bertz CT molecular complexity index is 1320. The number of carboxylic acids is 1. The van der Waals surface area contributed by atoms with Crippen molar-refractivity contribution in [3.63, 3.8) is 0 Å². The van der Waals surface area contributed by atoms with Crippen molar-refractivity contribution >= 4 is 23.1 Å². The first-order valence-corrected chi connectivity index (χ1v) is 12.2. The van der Waals surface area contributed by atoms with Crippen LogP contribution in [0.4, 0.5) is 4.79 Å². The molecule has 1 N–H and O–H groups in total. The molecule has 3 unspecified atom stereocenters.